The molecule has 2 aromatic carbocycles. The van der Waals surface area contributed by atoms with E-state index in [1.165, 1.54) is 16.8 Å². The summed E-state index contributed by atoms with van der Waals surface area (Å²) in [6.45, 7) is 5.48. The number of hydrogen-bond donors (Lipinski definition) is 0. The molecule has 27 heavy (non-hydrogen) atoms. The SMILES string of the molecule is C[C@H]1Cc2ccccc2[C@H](c2ccc(N3CCOCC3)cc2)N1C(=O)CCl. The van der Waals surface area contributed by atoms with Crippen molar-refractivity contribution >= 4 is 23.2 Å². The number of carbonyl (C=O) groups excluding carboxylic acids is 1. The second kappa shape index (κ2) is 7.91. The minimum atomic E-state index is -0.0880. The van der Waals surface area contributed by atoms with Gasteiger partial charge in [-0.15, -0.1) is 11.6 Å². The third-order valence-electron chi connectivity index (χ3n) is 5.61. The number of nitrogens with zero attached hydrogens (tertiary/aromatic N) is 2. The summed E-state index contributed by atoms with van der Waals surface area (Å²) in [6, 6.07) is 17.1. The Bertz CT molecular complexity index is 802. The van der Waals surface area contributed by atoms with Gasteiger partial charge in [-0.2, -0.15) is 0 Å². The molecule has 1 fully saturated rings. The summed E-state index contributed by atoms with van der Waals surface area (Å²) in [6.07, 6.45) is 0.862. The maximum Gasteiger partial charge on any atom is 0.238 e. The monoisotopic (exact) mass is 384 g/mol. The molecule has 142 valence electrons. The van der Waals surface area contributed by atoms with Crippen LogP contribution in [0.2, 0.25) is 0 Å². The van der Waals surface area contributed by atoms with Gasteiger partial charge < -0.3 is 14.5 Å². The first-order chi connectivity index (χ1) is 13.2. The number of hydrogen-bond acceptors (Lipinski definition) is 3. The summed E-state index contributed by atoms with van der Waals surface area (Å²) in [4.78, 5) is 17.0. The number of carbonyl (C=O) groups is 1. The van der Waals surface area contributed by atoms with E-state index in [1.54, 1.807) is 0 Å². The molecular weight excluding hydrogens is 360 g/mol. The lowest BCUT2D eigenvalue weighted by Crippen LogP contribution is -2.47. The molecule has 0 aliphatic carbocycles. The molecule has 0 unspecified atom stereocenters. The molecule has 0 bridgehead atoms. The molecule has 1 saturated heterocycles. The smallest absolute Gasteiger partial charge is 0.238 e. The largest absolute Gasteiger partial charge is 0.378 e. The number of ether oxygens (including phenoxy) is 1. The maximum atomic E-state index is 12.7. The lowest BCUT2D eigenvalue weighted by Gasteiger charge is -2.42. The second-order valence-corrected chi connectivity index (χ2v) is 7.55. The molecule has 2 heterocycles. The van der Waals surface area contributed by atoms with Crippen LogP contribution < -0.4 is 4.90 Å². The Kier molecular flexibility index (Phi) is 5.37. The molecule has 0 radical (unpaired) electrons. The zero-order valence-electron chi connectivity index (χ0n) is 15.6. The van der Waals surface area contributed by atoms with Crippen molar-refractivity contribution < 1.29 is 9.53 Å². The second-order valence-electron chi connectivity index (χ2n) is 7.28. The fourth-order valence-corrected chi connectivity index (χ4v) is 4.43. The third-order valence-corrected chi connectivity index (χ3v) is 5.83. The summed E-state index contributed by atoms with van der Waals surface area (Å²) < 4.78 is 5.45. The van der Waals surface area contributed by atoms with Crippen molar-refractivity contribution in [3.05, 3.63) is 65.2 Å². The van der Waals surface area contributed by atoms with Crippen molar-refractivity contribution in [2.75, 3.05) is 37.1 Å². The van der Waals surface area contributed by atoms with Crippen molar-refractivity contribution in [2.45, 2.75) is 25.4 Å². The number of rotatable bonds is 3. The molecule has 4 rings (SSSR count). The number of alkyl halides is 1. The predicted octanol–water partition coefficient (Wildman–Crippen LogP) is 3.62. The Morgan fingerprint density at radius 3 is 2.52 bits per heavy atom. The summed E-state index contributed by atoms with van der Waals surface area (Å²) in [5, 5.41) is 0. The molecule has 0 spiro atoms. The molecular formula is C22H25ClN2O2. The first-order valence-corrected chi connectivity index (χ1v) is 10.1. The molecule has 0 aromatic heterocycles. The molecule has 2 aromatic rings. The fraction of sp³-hybridized carbons (Fsp3) is 0.409. The molecule has 2 atom stereocenters. The van der Waals surface area contributed by atoms with Gasteiger partial charge >= 0.3 is 0 Å². The Morgan fingerprint density at radius 2 is 1.81 bits per heavy atom. The first-order valence-electron chi connectivity index (χ1n) is 9.56. The molecule has 0 saturated carbocycles. The highest BCUT2D eigenvalue weighted by molar-refractivity contribution is 6.27. The van der Waals surface area contributed by atoms with E-state index in [4.69, 9.17) is 16.3 Å². The van der Waals surface area contributed by atoms with Gasteiger partial charge in [0.1, 0.15) is 5.88 Å². The fourth-order valence-electron chi connectivity index (χ4n) is 4.30. The number of anilines is 1. The number of fused-ring (bicyclic) bond motifs is 1. The van der Waals surface area contributed by atoms with E-state index in [-0.39, 0.29) is 23.9 Å². The Labute approximate surface area is 165 Å². The van der Waals surface area contributed by atoms with Gasteiger partial charge in [-0.25, -0.2) is 0 Å². The number of halogens is 1. The van der Waals surface area contributed by atoms with Crippen LogP contribution in [0.15, 0.2) is 48.5 Å². The lowest BCUT2D eigenvalue weighted by atomic mass is 9.85. The highest BCUT2D eigenvalue weighted by atomic mass is 35.5. The lowest BCUT2D eigenvalue weighted by molar-refractivity contribution is -0.132. The van der Waals surface area contributed by atoms with E-state index < -0.39 is 0 Å². The van der Waals surface area contributed by atoms with Gasteiger partial charge in [0.05, 0.1) is 19.3 Å². The van der Waals surface area contributed by atoms with Gasteiger partial charge in [0.2, 0.25) is 5.91 Å². The summed E-state index contributed by atoms with van der Waals surface area (Å²) in [5.41, 5.74) is 4.85. The molecule has 1 amide bonds. The van der Waals surface area contributed by atoms with E-state index in [0.29, 0.717) is 0 Å². The number of amides is 1. The van der Waals surface area contributed by atoms with Gasteiger partial charge in [0, 0.05) is 24.8 Å². The van der Waals surface area contributed by atoms with Crippen LogP contribution in [0, 0.1) is 0 Å². The van der Waals surface area contributed by atoms with Crippen LogP contribution in [0.5, 0.6) is 0 Å². The van der Waals surface area contributed by atoms with Gasteiger partial charge in [0.25, 0.3) is 0 Å². The maximum absolute atomic E-state index is 12.7. The predicted molar refractivity (Wildman–Crippen MR) is 108 cm³/mol. The van der Waals surface area contributed by atoms with Crippen LogP contribution in [0.25, 0.3) is 0 Å². The van der Waals surface area contributed by atoms with E-state index in [0.717, 1.165) is 38.3 Å². The highest BCUT2D eigenvalue weighted by Gasteiger charge is 2.35. The number of benzene rings is 2. The highest BCUT2D eigenvalue weighted by Crippen LogP contribution is 2.38. The summed E-state index contributed by atoms with van der Waals surface area (Å²) in [5.74, 6) is -0.00423. The van der Waals surface area contributed by atoms with Crippen LogP contribution >= 0.6 is 11.6 Å². The summed E-state index contributed by atoms with van der Waals surface area (Å²) in [7, 11) is 0. The van der Waals surface area contributed by atoms with Crippen LogP contribution in [0.3, 0.4) is 0 Å². The zero-order chi connectivity index (χ0) is 18.8. The zero-order valence-corrected chi connectivity index (χ0v) is 16.4. The van der Waals surface area contributed by atoms with Crippen LogP contribution in [-0.4, -0.2) is 49.0 Å². The van der Waals surface area contributed by atoms with E-state index in [2.05, 4.69) is 54.3 Å². The minimum Gasteiger partial charge on any atom is -0.378 e. The van der Waals surface area contributed by atoms with Crippen molar-refractivity contribution in [1.82, 2.24) is 4.90 Å². The minimum absolute atomic E-state index is 0.00880. The van der Waals surface area contributed by atoms with Crippen molar-refractivity contribution in [1.29, 1.82) is 0 Å². The normalized spacial score (nSPS) is 22.4. The standard InChI is InChI=1S/C22H25ClN2O2/c1-16-14-18-4-2-3-5-20(18)22(25(16)21(26)15-23)17-6-8-19(9-7-17)24-10-12-27-13-11-24/h2-9,16,22H,10-15H2,1H3/t16-,22-/m0/s1. The molecule has 2 aliphatic heterocycles. The van der Waals surface area contributed by atoms with Gasteiger partial charge in [-0.05, 0) is 42.2 Å². The average Bonchev–Trinajstić information content (AvgIpc) is 2.73. The Balaban J connectivity index is 1.71. The van der Waals surface area contributed by atoms with Crippen LogP contribution in [-0.2, 0) is 16.0 Å². The first kappa shape index (κ1) is 18.3. The summed E-state index contributed by atoms with van der Waals surface area (Å²) >= 11 is 5.95. The van der Waals surface area contributed by atoms with E-state index in [9.17, 15) is 4.79 Å². The molecule has 5 heteroatoms. The van der Waals surface area contributed by atoms with Crippen molar-refractivity contribution in [3.63, 3.8) is 0 Å². The Hall–Kier alpha value is -2.04. The van der Waals surface area contributed by atoms with Crippen molar-refractivity contribution in [3.8, 4) is 0 Å². The van der Waals surface area contributed by atoms with Gasteiger partial charge in [0.15, 0.2) is 0 Å². The average molecular weight is 385 g/mol. The van der Waals surface area contributed by atoms with Crippen molar-refractivity contribution in [2.24, 2.45) is 0 Å². The van der Waals surface area contributed by atoms with Crippen LogP contribution in [0.1, 0.15) is 29.7 Å². The molecule has 4 nitrogen and oxygen atoms in total. The van der Waals surface area contributed by atoms with Gasteiger partial charge in [-0.1, -0.05) is 36.4 Å². The number of morpholine rings is 1. The third kappa shape index (κ3) is 3.56. The topological polar surface area (TPSA) is 32.8 Å². The van der Waals surface area contributed by atoms with Gasteiger partial charge in [-0.3, -0.25) is 4.79 Å². The van der Waals surface area contributed by atoms with Crippen LogP contribution in [0.4, 0.5) is 5.69 Å². The Morgan fingerprint density at radius 1 is 1.11 bits per heavy atom. The quantitative estimate of drug-likeness (QED) is 0.757. The van der Waals surface area contributed by atoms with E-state index >= 15 is 0 Å². The molecule has 2 aliphatic rings. The van der Waals surface area contributed by atoms with E-state index in [1.807, 2.05) is 11.0 Å². The molecule has 0 N–H and O–H groups in total.